The fourth-order valence-electron chi connectivity index (χ4n) is 6.39. The molecule has 29 nitrogen and oxygen atoms in total. The van der Waals surface area contributed by atoms with Gasteiger partial charge in [-0.2, -0.15) is 10.2 Å². The van der Waals surface area contributed by atoms with E-state index >= 15 is 0 Å². The van der Waals surface area contributed by atoms with Crippen LogP contribution in [0.2, 0.25) is 0 Å². The Morgan fingerprint density at radius 1 is 0.429 bits per heavy atom. The largest absolute Gasteiger partial charge is 1.00 e. The number of benzene rings is 7. The normalized spacial score (nSPS) is 11.8. The maximum absolute atomic E-state index is 12.5. The molecule has 0 atom stereocenters. The number of rotatable bonds is 16. The van der Waals surface area contributed by atoms with Gasteiger partial charge in [0.15, 0.2) is 5.75 Å². The quantitative estimate of drug-likeness (QED) is 0.0203. The molecular formula is C40H24N10Na4O19S4. The van der Waals surface area contributed by atoms with Gasteiger partial charge in [-0.3, -0.25) is 20.2 Å². The van der Waals surface area contributed by atoms with Crippen LogP contribution in [0.3, 0.4) is 0 Å². The first-order valence-corrected chi connectivity index (χ1v) is 25.0. The van der Waals surface area contributed by atoms with E-state index in [2.05, 4.69) is 41.3 Å². The Bertz CT molecular complexity index is 4030. The summed E-state index contributed by atoms with van der Waals surface area (Å²) in [6, 6.07) is 18.7. The van der Waals surface area contributed by atoms with E-state index in [9.17, 15) is 87.4 Å². The second-order valence-corrected chi connectivity index (χ2v) is 20.0. The molecule has 0 saturated heterocycles. The number of azo groups is 3. The molecule has 0 unspecified atom stereocenters. The molecule has 7 aromatic rings. The van der Waals surface area contributed by atoms with Crippen LogP contribution in [0.15, 0.2) is 166 Å². The zero-order valence-corrected chi connectivity index (χ0v) is 50.8. The SMILES string of the molecule is O=[N+]([O-])c1ccc(Nc2ccc(N=Nc3cc(N=Nc4cc(S(=O)(=O)[O-])cc5cc(S(=O)(=O)[O-])c(N=Nc6ccc(Nc7ccc([N+](=O)[O-])cc7S(=O)(=O)[O-])cc6)c(O)c45)c(O)cc3O)cc2)c(S(=O)(=O)[O-])c1.[Na+].[Na+].[Na+].[Na+]. The van der Waals surface area contributed by atoms with E-state index in [1.807, 2.05) is 0 Å². The van der Waals surface area contributed by atoms with Crippen LogP contribution in [0.4, 0.5) is 68.2 Å². The van der Waals surface area contributed by atoms with Crippen LogP contribution < -0.4 is 129 Å². The van der Waals surface area contributed by atoms with E-state index in [1.54, 1.807) is 0 Å². The molecule has 376 valence electrons. The Morgan fingerprint density at radius 3 is 1.23 bits per heavy atom. The monoisotopic (exact) mass is 1170 g/mol. The summed E-state index contributed by atoms with van der Waals surface area (Å²) < 4.78 is 145. The van der Waals surface area contributed by atoms with Gasteiger partial charge in [-0.25, -0.2) is 33.7 Å². The van der Waals surface area contributed by atoms with Crippen molar-refractivity contribution in [3.63, 3.8) is 0 Å². The molecule has 7 rings (SSSR count). The molecule has 0 fully saturated rings. The minimum Gasteiger partial charge on any atom is -0.744 e. The Labute approximate surface area is 522 Å². The molecule has 0 radical (unpaired) electrons. The molecule has 0 aliphatic heterocycles. The van der Waals surface area contributed by atoms with Crippen molar-refractivity contribution in [1.29, 1.82) is 0 Å². The number of anilines is 4. The Kier molecular flexibility index (Phi) is 22.7. The van der Waals surface area contributed by atoms with Gasteiger partial charge in [-0.05, 0) is 84.2 Å². The molecule has 0 heterocycles. The van der Waals surface area contributed by atoms with E-state index in [1.165, 1.54) is 48.5 Å². The van der Waals surface area contributed by atoms with Crippen LogP contribution in [-0.4, -0.2) is 77.0 Å². The second kappa shape index (κ2) is 26.3. The van der Waals surface area contributed by atoms with E-state index in [-0.39, 0.29) is 158 Å². The predicted molar refractivity (Wildman–Crippen MR) is 245 cm³/mol. The zero-order chi connectivity index (χ0) is 53.4. The van der Waals surface area contributed by atoms with Crippen molar-refractivity contribution in [3.05, 3.63) is 135 Å². The number of non-ortho nitro benzene ring substituents is 2. The second-order valence-electron chi connectivity index (χ2n) is 14.6. The summed E-state index contributed by atoms with van der Waals surface area (Å²) >= 11 is 0. The van der Waals surface area contributed by atoms with Gasteiger partial charge >= 0.3 is 118 Å². The summed E-state index contributed by atoms with van der Waals surface area (Å²) in [7, 11) is -21.4. The number of aromatic hydroxyl groups is 3. The number of phenols is 3. The maximum atomic E-state index is 12.5. The molecule has 0 amide bonds. The molecule has 0 spiro atoms. The smallest absolute Gasteiger partial charge is 0.744 e. The van der Waals surface area contributed by atoms with E-state index < -0.39 is 126 Å². The van der Waals surface area contributed by atoms with Crippen LogP contribution in [0, 0.1) is 20.2 Å². The maximum Gasteiger partial charge on any atom is 1.00 e. The third-order valence-corrected chi connectivity index (χ3v) is 13.1. The first kappa shape index (κ1) is 66.3. The van der Waals surface area contributed by atoms with Crippen molar-refractivity contribution in [2.75, 3.05) is 10.6 Å². The number of nitro benzene ring substituents is 2. The third kappa shape index (κ3) is 16.3. The van der Waals surface area contributed by atoms with Gasteiger partial charge in [0.25, 0.3) is 11.4 Å². The van der Waals surface area contributed by atoms with Gasteiger partial charge in [0.05, 0.1) is 63.3 Å². The van der Waals surface area contributed by atoms with E-state index in [0.717, 1.165) is 36.4 Å². The number of nitro groups is 2. The van der Waals surface area contributed by atoms with Gasteiger partial charge < -0.3 is 44.2 Å². The molecule has 77 heavy (non-hydrogen) atoms. The van der Waals surface area contributed by atoms with Gasteiger partial charge in [-0.1, -0.05) is 0 Å². The summed E-state index contributed by atoms with van der Waals surface area (Å²) in [6.45, 7) is 0. The van der Waals surface area contributed by atoms with Gasteiger partial charge in [-0.15, -0.1) is 20.5 Å². The molecule has 0 bridgehead atoms. The molecule has 0 aliphatic rings. The first-order valence-electron chi connectivity index (χ1n) is 19.4. The zero-order valence-electron chi connectivity index (χ0n) is 39.6. The first-order chi connectivity index (χ1) is 34.1. The number of hydrogen-bond acceptors (Lipinski definition) is 27. The molecule has 0 aromatic heterocycles. The van der Waals surface area contributed by atoms with Crippen molar-refractivity contribution in [2.24, 2.45) is 30.7 Å². The molecule has 37 heteroatoms. The number of nitrogens with one attached hydrogen (secondary N) is 2. The van der Waals surface area contributed by atoms with Gasteiger partial charge in [0, 0.05) is 47.8 Å². The number of phenolic OH excluding ortho intramolecular Hbond substituents is 3. The van der Waals surface area contributed by atoms with Crippen molar-refractivity contribution < 1.29 is 195 Å². The molecular weight excluding hydrogens is 1140 g/mol. The Morgan fingerprint density at radius 2 is 0.831 bits per heavy atom. The third-order valence-electron chi connectivity index (χ3n) is 9.72. The fraction of sp³-hybridized carbons (Fsp3) is 0. The molecule has 0 saturated carbocycles. The molecule has 5 N–H and O–H groups in total. The number of hydrogen-bond donors (Lipinski definition) is 5. The topological polar surface area (TPSA) is 474 Å². The van der Waals surface area contributed by atoms with Crippen molar-refractivity contribution in [2.45, 2.75) is 19.6 Å². The van der Waals surface area contributed by atoms with E-state index in [4.69, 9.17) is 0 Å². The standard InChI is InChI=1S/C40H28N10O19S4.4Na/c51-33-19-34(52)31(18-30(33)45-43-23-5-1-21(2-6-23)41-28-11-9-25(49(54)55)15-35(28)71(61,62)63)46-47-32-17-27(70(58,59)60)13-20-14-37(73(67,68)69)39(40(53)38(20)32)48-44-24-7-3-22(4-8-24)42-29-12-10-26(50(56)57)16-36(29)72(64,65)66;;;;/h1-19,41-42,51-53H,(H,58,59,60)(H,61,62,63)(H,64,65,66)(H,67,68,69);;;;/q;4*+1/p-4. The van der Waals surface area contributed by atoms with Crippen molar-refractivity contribution >= 4 is 119 Å². The summed E-state index contributed by atoms with van der Waals surface area (Å²) in [4.78, 5) is 16.3. The van der Waals surface area contributed by atoms with Gasteiger partial charge in [0.1, 0.15) is 69.0 Å². The van der Waals surface area contributed by atoms with Crippen LogP contribution in [0.1, 0.15) is 0 Å². The van der Waals surface area contributed by atoms with Gasteiger partial charge in [0.2, 0.25) is 0 Å². The number of nitrogens with zero attached hydrogens (tertiary/aromatic N) is 8. The van der Waals surface area contributed by atoms with Crippen molar-refractivity contribution in [3.8, 4) is 17.2 Å². The summed E-state index contributed by atoms with van der Waals surface area (Å²) in [6.07, 6.45) is 0. The van der Waals surface area contributed by atoms with Crippen LogP contribution in [0.25, 0.3) is 10.8 Å². The minimum absolute atomic E-state index is 0. The number of fused-ring (bicyclic) bond motifs is 1. The fourth-order valence-corrected chi connectivity index (χ4v) is 8.87. The predicted octanol–water partition coefficient (Wildman–Crippen LogP) is -3.86. The van der Waals surface area contributed by atoms with E-state index in [0.29, 0.717) is 30.3 Å². The van der Waals surface area contributed by atoms with Crippen LogP contribution in [0.5, 0.6) is 17.2 Å². The summed E-state index contributed by atoms with van der Waals surface area (Å²) in [5, 5.41) is 82.1. The molecule has 7 aromatic carbocycles. The molecule has 0 aliphatic carbocycles. The Hall–Kier alpha value is -4.96. The van der Waals surface area contributed by atoms with Crippen LogP contribution in [-0.2, 0) is 40.5 Å². The summed E-state index contributed by atoms with van der Waals surface area (Å²) in [5.74, 6) is -2.62. The average Bonchev–Trinajstić information content (AvgIpc) is 3.30. The van der Waals surface area contributed by atoms with Crippen molar-refractivity contribution in [1.82, 2.24) is 0 Å². The minimum atomic E-state index is -5.60. The summed E-state index contributed by atoms with van der Waals surface area (Å²) in [5.41, 5.74) is -4.31. The average molecular weight is 1170 g/mol. The Balaban J connectivity index is 0.00000390. The van der Waals surface area contributed by atoms with Crippen LogP contribution >= 0.6 is 0 Å².